The molecule has 0 bridgehead atoms. The number of hydrogen-bond donors (Lipinski definition) is 0. The molecule has 0 spiro atoms. The lowest BCUT2D eigenvalue weighted by molar-refractivity contribution is -0.166. The number of rotatable bonds is 5. The maximum absolute atomic E-state index is 13.3. The van der Waals surface area contributed by atoms with Crippen molar-refractivity contribution in [2.24, 2.45) is 0 Å². The lowest BCUT2D eigenvalue weighted by atomic mass is 9.85. The fourth-order valence-corrected chi connectivity index (χ4v) is 5.03. The minimum atomic E-state index is -0.878. The monoisotopic (exact) mass is 469 g/mol. The average molecular weight is 470 g/mol. The Morgan fingerprint density at radius 2 is 1.94 bits per heavy atom. The molecule has 0 saturated heterocycles. The highest BCUT2D eigenvalue weighted by Gasteiger charge is 2.33. The Labute approximate surface area is 206 Å². The van der Waals surface area contributed by atoms with Crippen LogP contribution >= 0.6 is 0 Å². The largest absolute Gasteiger partial charge is 0.493 e. The molecule has 0 amide bonds. The Morgan fingerprint density at radius 1 is 1.14 bits per heavy atom. The zero-order chi connectivity index (χ0) is 24.7. The van der Waals surface area contributed by atoms with Gasteiger partial charge >= 0.3 is 5.97 Å². The van der Waals surface area contributed by atoms with Gasteiger partial charge in [-0.15, -0.1) is 0 Å². The van der Waals surface area contributed by atoms with Gasteiger partial charge in [-0.3, -0.25) is 4.98 Å². The number of benzene rings is 3. The molecule has 1 atom stereocenters. The van der Waals surface area contributed by atoms with Crippen LogP contribution in [-0.4, -0.2) is 29.8 Å². The van der Waals surface area contributed by atoms with E-state index in [0.29, 0.717) is 6.61 Å². The summed E-state index contributed by atoms with van der Waals surface area (Å²) < 4.78 is 17.9. The summed E-state index contributed by atoms with van der Waals surface area (Å²) in [5.74, 6) is 0.463. The van der Waals surface area contributed by atoms with Crippen molar-refractivity contribution >= 4 is 27.6 Å². The van der Waals surface area contributed by atoms with Crippen molar-refractivity contribution < 1.29 is 19.0 Å². The lowest BCUT2D eigenvalue weighted by Crippen LogP contribution is -2.29. The number of ether oxygens (including phenoxy) is 3. The van der Waals surface area contributed by atoms with Crippen LogP contribution in [0.15, 0.2) is 54.7 Å². The van der Waals surface area contributed by atoms with Gasteiger partial charge in [-0.05, 0) is 80.3 Å². The normalized spacial score (nSPS) is 14.1. The highest BCUT2D eigenvalue weighted by molar-refractivity contribution is 6.08. The van der Waals surface area contributed by atoms with Crippen LogP contribution in [0.3, 0.4) is 0 Å². The van der Waals surface area contributed by atoms with Crippen LogP contribution in [0.1, 0.15) is 50.5 Å². The summed E-state index contributed by atoms with van der Waals surface area (Å²) in [6.07, 6.45) is 1.83. The van der Waals surface area contributed by atoms with Crippen LogP contribution in [-0.2, 0) is 20.7 Å². The first-order valence-corrected chi connectivity index (χ1v) is 12.2. The zero-order valence-corrected chi connectivity index (χ0v) is 21.0. The SMILES string of the molecule is CCOC(=O)[C@@H](OC(C)(C)C)c1c(C)cc2ccccc2c1-c1ccc2c3c(ccnc13)CCO2. The summed E-state index contributed by atoms with van der Waals surface area (Å²) >= 11 is 0. The number of hydrogen-bond acceptors (Lipinski definition) is 5. The van der Waals surface area contributed by atoms with Gasteiger partial charge in [0.25, 0.3) is 0 Å². The van der Waals surface area contributed by atoms with Crippen molar-refractivity contribution in [3.8, 4) is 16.9 Å². The van der Waals surface area contributed by atoms with E-state index in [0.717, 1.165) is 56.1 Å². The first kappa shape index (κ1) is 23.3. The topological polar surface area (TPSA) is 57.7 Å². The fourth-order valence-electron chi connectivity index (χ4n) is 5.03. The molecular formula is C30H31NO4. The van der Waals surface area contributed by atoms with E-state index in [4.69, 9.17) is 19.2 Å². The smallest absolute Gasteiger partial charge is 0.339 e. The van der Waals surface area contributed by atoms with Gasteiger partial charge in [-0.1, -0.05) is 30.3 Å². The molecule has 3 aromatic carbocycles. The number of carbonyl (C=O) groups excluding carboxylic acids is 1. The second-order valence-corrected chi connectivity index (χ2v) is 9.97. The molecule has 0 saturated carbocycles. The highest BCUT2D eigenvalue weighted by Crippen LogP contribution is 2.45. The van der Waals surface area contributed by atoms with Crippen molar-refractivity contribution in [1.82, 2.24) is 4.98 Å². The van der Waals surface area contributed by atoms with Crippen LogP contribution < -0.4 is 4.74 Å². The molecule has 0 unspecified atom stereocenters. The average Bonchev–Trinajstić information content (AvgIpc) is 2.82. The second-order valence-electron chi connectivity index (χ2n) is 9.97. The number of nitrogens with zero attached hydrogens (tertiary/aromatic N) is 1. The standard InChI is InChI=1S/C30H31NO4/c1-6-33-29(32)28(35-30(3,4)5)24-18(2)17-20-9-7-8-10-21(20)26(24)22-11-12-23-25-19(14-16-34-23)13-15-31-27(22)25/h7-13,15,17,28H,6,14,16H2,1-5H3/t28-/m0/s1. The Bertz CT molecular complexity index is 1420. The molecule has 5 heteroatoms. The van der Waals surface area contributed by atoms with Gasteiger partial charge in [0.15, 0.2) is 6.10 Å². The van der Waals surface area contributed by atoms with Gasteiger partial charge in [-0.2, -0.15) is 0 Å². The molecule has 2 heterocycles. The molecule has 1 aromatic heterocycles. The molecule has 0 N–H and O–H groups in total. The van der Waals surface area contributed by atoms with Gasteiger partial charge in [0, 0.05) is 29.1 Å². The van der Waals surface area contributed by atoms with Crippen molar-refractivity contribution in [1.29, 1.82) is 0 Å². The molecular weight excluding hydrogens is 438 g/mol. The van der Waals surface area contributed by atoms with E-state index < -0.39 is 11.7 Å². The number of pyridine rings is 1. The Hall–Kier alpha value is -3.44. The van der Waals surface area contributed by atoms with Crippen LogP contribution in [0, 0.1) is 6.92 Å². The Morgan fingerprint density at radius 3 is 2.71 bits per heavy atom. The first-order valence-electron chi connectivity index (χ1n) is 12.2. The van der Waals surface area contributed by atoms with E-state index in [2.05, 4.69) is 30.3 Å². The van der Waals surface area contributed by atoms with E-state index in [1.807, 2.05) is 59.0 Å². The number of carbonyl (C=O) groups is 1. The van der Waals surface area contributed by atoms with Gasteiger partial charge < -0.3 is 14.2 Å². The first-order chi connectivity index (χ1) is 16.8. The zero-order valence-electron chi connectivity index (χ0n) is 21.0. The second kappa shape index (κ2) is 8.97. The molecule has 1 aliphatic rings. The molecule has 5 nitrogen and oxygen atoms in total. The third kappa shape index (κ3) is 4.25. The van der Waals surface area contributed by atoms with Crippen molar-refractivity contribution in [2.75, 3.05) is 13.2 Å². The van der Waals surface area contributed by atoms with E-state index in [1.165, 1.54) is 5.56 Å². The minimum absolute atomic E-state index is 0.282. The van der Waals surface area contributed by atoms with Crippen LogP contribution in [0.5, 0.6) is 5.75 Å². The summed E-state index contributed by atoms with van der Waals surface area (Å²) in [5, 5.41) is 3.18. The Balaban J connectivity index is 1.88. The van der Waals surface area contributed by atoms with Crippen molar-refractivity contribution in [2.45, 2.75) is 52.7 Å². The van der Waals surface area contributed by atoms with E-state index >= 15 is 0 Å². The minimum Gasteiger partial charge on any atom is -0.493 e. The maximum Gasteiger partial charge on any atom is 0.339 e. The van der Waals surface area contributed by atoms with Crippen molar-refractivity contribution in [3.63, 3.8) is 0 Å². The number of esters is 1. The van der Waals surface area contributed by atoms with Crippen molar-refractivity contribution in [3.05, 3.63) is 71.4 Å². The van der Waals surface area contributed by atoms with E-state index in [1.54, 1.807) is 0 Å². The molecule has 4 aromatic rings. The third-order valence-corrected chi connectivity index (χ3v) is 6.37. The van der Waals surface area contributed by atoms with Gasteiger partial charge in [0.1, 0.15) is 5.75 Å². The molecule has 0 aliphatic carbocycles. The third-order valence-electron chi connectivity index (χ3n) is 6.37. The van der Waals surface area contributed by atoms with Crippen LogP contribution in [0.2, 0.25) is 0 Å². The molecule has 35 heavy (non-hydrogen) atoms. The Kier molecular flexibility index (Phi) is 5.97. The predicted octanol–water partition coefficient (Wildman–Crippen LogP) is 6.72. The van der Waals surface area contributed by atoms with Gasteiger partial charge in [0.05, 0.1) is 24.3 Å². The quantitative estimate of drug-likeness (QED) is 0.304. The highest BCUT2D eigenvalue weighted by atomic mass is 16.6. The molecule has 1 aliphatic heterocycles. The molecule has 0 fully saturated rings. The molecule has 5 rings (SSSR count). The molecule has 0 radical (unpaired) electrons. The number of aromatic nitrogens is 1. The predicted molar refractivity (Wildman–Crippen MR) is 139 cm³/mol. The fraction of sp³-hybridized carbons (Fsp3) is 0.333. The van der Waals surface area contributed by atoms with Crippen LogP contribution in [0.25, 0.3) is 32.8 Å². The lowest BCUT2D eigenvalue weighted by Gasteiger charge is -2.30. The van der Waals surface area contributed by atoms with E-state index in [-0.39, 0.29) is 12.6 Å². The van der Waals surface area contributed by atoms with E-state index in [9.17, 15) is 4.79 Å². The summed E-state index contributed by atoms with van der Waals surface area (Å²) in [6, 6.07) is 16.5. The number of fused-ring (bicyclic) bond motifs is 1. The summed E-state index contributed by atoms with van der Waals surface area (Å²) in [5.41, 5.74) is 5.23. The maximum atomic E-state index is 13.3. The summed E-state index contributed by atoms with van der Waals surface area (Å²) in [4.78, 5) is 18.2. The molecule has 180 valence electrons. The van der Waals surface area contributed by atoms with Gasteiger partial charge in [0.2, 0.25) is 0 Å². The van der Waals surface area contributed by atoms with Crippen LogP contribution in [0.4, 0.5) is 0 Å². The van der Waals surface area contributed by atoms with Gasteiger partial charge in [-0.25, -0.2) is 4.79 Å². The summed E-state index contributed by atoms with van der Waals surface area (Å²) in [7, 11) is 0. The summed E-state index contributed by atoms with van der Waals surface area (Å²) in [6.45, 7) is 10.7. The number of aryl methyl sites for hydroxylation is 1.